The fourth-order valence-electron chi connectivity index (χ4n) is 1.67. The zero-order valence-corrected chi connectivity index (χ0v) is 10.5. The summed E-state index contributed by atoms with van der Waals surface area (Å²) in [5, 5.41) is 0. The van der Waals surface area contributed by atoms with E-state index in [2.05, 4.69) is 31.2 Å². The summed E-state index contributed by atoms with van der Waals surface area (Å²) in [7, 11) is 0. The Morgan fingerprint density at radius 2 is 1.50 bits per heavy atom. The van der Waals surface area contributed by atoms with E-state index in [4.69, 9.17) is 9.47 Å². The molecule has 1 aromatic carbocycles. The molecule has 2 heteroatoms. The molecule has 90 valence electrons. The Morgan fingerprint density at radius 3 is 1.94 bits per heavy atom. The van der Waals surface area contributed by atoms with Gasteiger partial charge in [0.1, 0.15) is 0 Å². The van der Waals surface area contributed by atoms with Crippen molar-refractivity contribution >= 4 is 0 Å². The van der Waals surface area contributed by atoms with Gasteiger partial charge in [0.05, 0.1) is 0 Å². The van der Waals surface area contributed by atoms with Crippen LogP contribution in [0.15, 0.2) is 24.3 Å². The highest BCUT2D eigenvalue weighted by Gasteiger charge is 2.10. The van der Waals surface area contributed by atoms with E-state index in [0.29, 0.717) is 13.2 Å². The third kappa shape index (κ3) is 3.95. The minimum atomic E-state index is -0.217. The molecule has 0 fully saturated rings. The maximum atomic E-state index is 5.55. The maximum Gasteiger partial charge on any atom is 0.183 e. The fraction of sp³-hybridized carbons (Fsp3) is 0.571. The third-order valence-electron chi connectivity index (χ3n) is 2.43. The average molecular weight is 222 g/mol. The second kappa shape index (κ2) is 7.42. The van der Waals surface area contributed by atoms with Crippen molar-refractivity contribution in [1.29, 1.82) is 0 Å². The minimum Gasteiger partial charge on any atom is -0.349 e. The summed E-state index contributed by atoms with van der Waals surface area (Å²) in [6, 6.07) is 8.51. The number of rotatable bonds is 7. The van der Waals surface area contributed by atoms with Gasteiger partial charge in [-0.2, -0.15) is 0 Å². The van der Waals surface area contributed by atoms with Crippen molar-refractivity contribution < 1.29 is 9.47 Å². The van der Waals surface area contributed by atoms with Crippen LogP contribution in [0.5, 0.6) is 0 Å². The molecule has 0 bridgehead atoms. The first-order valence-corrected chi connectivity index (χ1v) is 6.13. The second-order valence-electron chi connectivity index (χ2n) is 3.73. The fourth-order valence-corrected chi connectivity index (χ4v) is 1.67. The van der Waals surface area contributed by atoms with Crippen LogP contribution in [0.2, 0.25) is 0 Å². The average Bonchev–Trinajstić information content (AvgIpc) is 2.30. The summed E-state index contributed by atoms with van der Waals surface area (Å²) in [6.07, 6.45) is 2.10. The highest BCUT2D eigenvalue weighted by Crippen LogP contribution is 2.19. The molecule has 0 aromatic heterocycles. The lowest BCUT2D eigenvalue weighted by Crippen LogP contribution is -2.08. The maximum absolute atomic E-state index is 5.55. The Kier molecular flexibility index (Phi) is 6.12. The molecular weight excluding hydrogens is 200 g/mol. The molecule has 0 atom stereocenters. The van der Waals surface area contributed by atoms with Gasteiger partial charge in [-0.1, -0.05) is 37.6 Å². The Morgan fingerprint density at radius 1 is 0.938 bits per heavy atom. The first-order valence-electron chi connectivity index (χ1n) is 6.13. The van der Waals surface area contributed by atoms with Crippen LogP contribution < -0.4 is 0 Å². The first-order chi connectivity index (χ1) is 7.81. The SMILES string of the molecule is CCCc1ccc(C(OCC)OCC)cc1. The minimum absolute atomic E-state index is 0.217. The van der Waals surface area contributed by atoms with Gasteiger partial charge >= 0.3 is 0 Å². The lowest BCUT2D eigenvalue weighted by molar-refractivity contribution is -0.140. The predicted molar refractivity (Wildman–Crippen MR) is 66.4 cm³/mol. The van der Waals surface area contributed by atoms with Crippen molar-refractivity contribution in [2.45, 2.75) is 39.9 Å². The van der Waals surface area contributed by atoms with Crippen LogP contribution in [0.4, 0.5) is 0 Å². The van der Waals surface area contributed by atoms with Crippen LogP contribution in [0.25, 0.3) is 0 Å². The number of aryl methyl sites for hydroxylation is 1. The third-order valence-corrected chi connectivity index (χ3v) is 2.43. The smallest absolute Gasteiger partial charge is 0.183 e. The van der Waals surface area contributed by atoms with Crippen LogP contribution >= 0.6 is 0 Å². The molecule has 0 N–H and O–H groups in total. The molecule has 0 saturated heterocycles. The molecule has 0 saturated carbocycles. The lowest BCUT2D eigenvalue weighted by atomic mass is 10.1. The summed E-state index contributed by atoms with van der Waals surface area (Å²) >= 11 is 0. The molecule has 0 aliphatic carbocycles. The van der Waals surface area contributed by atoms with E-state index >= 15 is 0 Å². The van der Waals surface area contributed by atoms with Gasteiger partial charge in [0, 0.05) is 18.8 Å². The molecule has 0 aliphatic rings. The Balaban J connectivity index is 2.68. The first kappa shape index (κ1) is 13.2. The van der Waals surface area contributed by atoms with Crippen molar-refractivity contribution in [1.82, 2.24) is 0 Å². The van der Waals surface area contributed by atoms with Gasteiger partial charge in [-0.25, -0.2) is 0 Å². The highest BCUT2D eigenvalue weighted by atomic mass is 16.7. The van der Waals surface area contributed by atoms with E-state index in [1.807, 2.05) is 13.8 Å². The standard InChI is InChI=1S/C14H22O2/c1-4-7-12-8-10-13(11-9-12)14(15-5-2)16-6-3/h8-11,14H,4-7H2,1-3H3. The van der Waals surface area contributed by atoms with Gasteiger partial charge in [0.15, 0.2) is 6.29 Å². The van der Waals surface area contributed by atoms with Crippen molar-refractivity contribution in [3.05, 3.63) is 35.4 Å². The Hall–Kier alpha value is -0.860. The molecule has 0 amide bonds. The summed E-state index contributed by atoms with van der Waals surface area (Å²) in [5.41, 5.74) is 2.47. The van der Waals surface area contributed by atoms with Crippen LogP contribution in [0.1, 0.15) is 44.6 Å². The number of hydrogen-bond donors (Lipinski definition) is 0. The largest absolute Gasteiger partial charge is 0.349 e. The van der Waals surface area contributed by atoms with Crippen LogP contribution in [-0.4, -0.2) is 13.2 Å². The van der Waals surface area contributed by atoms with E-state index in [0.717, 1.165) is 12.0 Å². The molecule has 2 nitrogen and oxygen atoms in total. The molecule has 0 spiro atoms. The van der Waals surface area contributed by atoms with E-state index in [1.54, 1.807) is 0 Å². The number of ether oxygens (including phenoxy) is 2. The molecule has 0 unspecified atom stereocenters. The predicted octanol–water partition coefficient (Wildman–Crippen LogP) is 3.71. The van der Waals surface area contributed by atoms with Gasteiger partial charge in [0.25, 0.3) is 0 Å². The van der Waals surface area contributed by atoms with Crippen LogP contribution in [-0.2, 0) is 15.9 Å². The molecular formula is C14H22O2. The summed E-state index contributed by atoms with van der Waals surface area (Å²) < 4.78 is 11.1. The Bertz CT molecular complexity index is 273. The number of benzene rings is 1. The van der Waals surface area contributed by atoms with Crippen molar-refractivity contribution in [3.63, 3.8) is 0 Å². The zero-order chi connectivity index (χ0) is 11.8. The lowest BCUT2D eigenvalue weighted by Gasteiger charge is -2.17. The van der Waals surface area contributed by atoms with Gasteiger partial charge in [0.2, 0.25) is 0 Å². The van der Waals surface area contributed by atoms with E-state index in [-0.39, 0.29) is 6.29 Å². The molecule has 1 aromatic rings. The molecule has 0 aliphatic heterocycles. The van der Waals surface area contributed by atoms with Gasteiger partial charge in [-0.15, -0.1) is 0 Å². The van der Waals surface area contributed by atoms with Crippen molar-refractivity contribution in [2.24, 2.45) is 0 Å². The molecule has 0 radical (unpaired) electrons. The van der Waals surface area contributed by atoms with Gasteiger partial charge < -0.3 is 9.47 Å². The molecule has 1 rings (SSSR count). The normalized spacial score (nSPS) is 11.0. The van der Waals surface area contributed by atoms with E-state index in [1.165, 1.54) is 12.0 Å². The highest BCUT2D eigenvalue weighted by molar-refractivity contribution is 5.23. The molecule has 0 heterocycles. The zero-order valence-electron chi connectivity index (χ0n) is 10.5. The molecule has 16 heavy (non-hydrogen) atoms. The second-order valence-corrected chi connectivity index (χ2v) is 3.73. The van der Waals surface area contributed by atoms with Gasteiger partial charge in [-0.05, 0) is 25.8 Å². The Labute approximate surface area is 98.6 Å². The summed E-state index contributed by atoms with van der Waals surface area (Å²) in [4.78, 5) is 0. The van der Waals surface area contributed by atoms with E-state index in [9.17, 15) is 0 Å². The topological polar surface area (TPSA) is 18.5 Å². The summed E-state index contributed by atoms with van der Waals surface area (Å²) in [5.74, 6) is 0. The van der Waals surface area contributed by atoms with Crippen molar-refractivity contribution in [3.8, 4) is 0 Å². The number of hydrogen-bond acceptors (Lipinski definition) is 2. The van der Waals surface area contributed by atoms with E-state index < -0.39 is 0 Å². The summed E-state index contributed by atoms with van der Waals surface area (Å²) in [6.45, 7) is 7.49. The van der Waals surface area contributed by atoms with Crippen LogP contribution in [0, 0.1) is 0 Å². The van der Waals surface area contributed by atoms with Gasteiger partial charge in [-0.3, -0.25) is 0 Å². The quantitative estimate of drug-likeness (QED) is 0.655. The van der Waals surface area contributed by atoms with Crippen LogP contribution in [0.3, 0.4) is 0 Å². The van der Waals surface area contributed by atoms with Crippen molar-refractivity contribution in [2.75, 3.05) is 13.2 Å². The monoisotopic (exact) mass is 222 g/mol.